The number of benzene rings is 2. The first-order valence-electron chi connectivity index (χ1n) is 10.0. The van der Waals surface area contributed by atoms with Crippen LogP contribution in [-0.4, -0.2) is 35.9 Å². The van der Waals surface area contributed by atoms with Crippen LogP contribution in [0.1, 0.15) is 37.8 Å². The molecule has 2 rings (SSSR count). The van der Waals surface area contributed by atoms with Gasteiger partial charge in [-0.15, -0.1) is 0 Å². The van der Waals surface area contributed by atoms with E-state index in [0.717, 1.165) is 28.4 Å². The Morgan fingerprint density at radius 3 is 2.53 bits per heavy atom. The summed E-state index contributed by atoms with van der Waals surface area (Å²) in [5.41, 5.74) is 1.73. The normalized spacial score (nSPS) is 11.6. The van der Waals surface area contributed by atoms with Crippen LogP contribution in [0.3, 0.4) is 0 Å². The monoisotopic (exact) mass is 478 g/mol. The molecule has 162 valence electrons. The number of hydrogen-bond donors (Lipinski definition) is 1. The highest BCUT2D eigenvalue weighted by Gasteiger charge is 2.26. The number of ether oxygens (including phenoxy) is 1. The fourth-order valence-electron chi connectivity index (χ4n) is 2.84. The van der Waals surface area contributed by atoms with E-state index in [2.05, 4.69) is 21.2 Å². The molecule has 7 heteroatoms. The van der Waals surface area contributed by atoms with E-state index < -0.39 is 6.04 Å². The van der Waals surface area contributed by atoms with E-state index in [0.29, 0.717) is 12.3 Å². The molecule has 5 nitrogen and oxygen atoms in total. The zero-order valence-corrected chi connectivity index (χ0v) is 19.2. The lowest BCUT2D eigenvalue weighted by molar-refractivity contribution is -0.142. The van der Waals surface area contributed by atoms with E-state index in [1.807, 2.05) is 26.0 Å². The summed E-state index contributed by atoms with van der Waals surface area (Å²) in [6.45, 7) is 6.21. The van der Waals surface area contributed by atoms with E-state index >= 15 is 0 Å². The quantitative estimate of drug-likeness (QED) is 0.507. The topological polar surface area (TPSA) is 58.6 Å². The Balaban J connectivity index is 2.11. The van der Waals surface area contributed by atoms with Crippen LogP contribution in [0.25, 0.3) is 0 Å². The third-order valence-electron chi connectivity index (χ3n) is 4.75. The number of carbonyl (C=O) groups is 2. The van der Waals surface area contributed by atoms with Crippen molar-refractivity contribution < 1.29 is 18.7 Å². The average molecular weight is 479 g/mol. The van der Waals surface area contributed by atoms with E-state index in [-0.39, 0.29) is 30.8 Å². The van der Waals surface area contributed by atoms with Crippen LogP contribution in [0.2, 0.25) is 0 Å². The Hall–Kier alpha value is -2.41. The van der Waals surface area contributed by atoms with Crippen molar-refractivity contribution in [3.63, 3.8) is 0 Å². The van der Waals surface area contributed by atoms with Gasteiger partial charge < -0.3 is 15.0 Å². The molecule has 0 saturated carbocycles. The first-order valence-corrected chi connectivity index (χ1v) is 10.8. The summed E-state index contributed by atoms with van der Waals surface area (Å²) in [6.07, 6.45) is 1.84. The largest absolute Gasteiger partial charge is 0.484 e. The average Bonchev–Trinajstić information content (AvgIpc) is 2.73. The molecule has 1 N–H and O–H groups in total. The second kappa shape index (κ2) is 11.7. The Kier molecular flexibility index (Phi) is 9.30. The van der Waals surface area contributed by atoms with Gasteiger partial charge in [-0.25, -0.2) is 4.39 Å². The second-order valence-corrected chi connectivity index (χ2v) is 8.02. The van der Waals surface area contributed by atoms with E-state index in [1.165, 1.54) is 17.0 Å². The van der Waals surface area contributed by atoms with Crippen LogP contribution in [0.5, 0.6) is 5.75 Å². The number of halogens is 2. The molecule has 0 aliphatic heterocycles. The standard InChI is InChI=1S/C23H28BrFN2O3/c1-4-5-12-26-23(29)17(3)27(14-18-6-8-19(25)9-7-18)22(28)15-30-20-10-11-21(24)16(2)13-20/h6-11,13,17H,4-5,12,14-15H2,1-3H3,(H,26,29). The van der Waals surface area contributed by atoms with E-state index in [4.69, 9.17) is 4.74 Å². The number of hydrogen-bond acceptors (Lipinski definition) is 3. The number of unbranched alkanes of at least 4 members (excludes halogenated alkanes) is 1. The molecular formula is C23H28BrFN2O3. The molecule has 2 aromatic rings. The van der Waals surface area contributed by atoms with Crippen molar-refractivity contribution in [1.82, 2.24) is 10.2 Å². The van der Waals surface area contributed by atoms with Gasteiger partial charge in [0.2, 0.25) is 5.91 Å². The lowest BCUT2D eigenvalue weighted by atomic mass is 10.1. The van der Waals surface area contributed by atoms with Crippen LogP contribution in [0.15, 0.2) is 46.9 Å². The molecule has 0 saturated heterocycles. The molecule has 0 spiro atoms. The van der Waals surface area contributed by atoms with Crippen LogP contribution < -0.4 is 10.1 Å². The Morgan fingerprint density at radius 1 is 1.20 bits per heavy atom. The summed E-state index contributed by atoms with van der Waals surface area (Å²) in [4.78, 5) is 27.0. The number of aryl methyl sites for hydroxylation is 1. The molecule has 2 amide bonds. The number of rotatable bonds is 10. The van der Waals surface area contributed by atoms with Gasteiger partial charge >= 0.3 is 0 Å². The number of amides is 2. The summed E-state index contributed by atoms with van der Waals surface area (Å²) in [5, 5.41) is 2.86. The molecule has 2 aromatic carbocycles. The van der Waals surface area contributed by atoms with Crippen LogP contribution in [0, 0.1) is 12.7 Å². The smallest absolute Gasteiger partial charge is 0.261 e. The Bertz CT molecular complexity index is 858. The molecule has 1 unspecified atom stereocenters. The predicted molar refractivity (Wildman–Crippen MR) is 119 cm³/mol. The summed E-state index contributed by atoms with van der Waals surface area (Å²) in [5.74, 6) is -0.321. The molecule has 0 fully saturated rings. The molecule has 0 aliphatic carbocycles. The first kappa shape index (κ1) is 23.9. The summed E-state index contributed by atoms with van der Waals surface area (Å²) in [6, 6.07) is 10.7. The molecule has 0 aliphatic rings. The minimum absolute atomic E-state index is 0.185. The summed E-state index contributed by atoms with van der Waals surface area (Å²) < 4.78 is 19.9. The highest BCUT2D eigenvalue weighted by atomic mass is 79.9. The van der Waals surface area contributed by atoms with E-state index in [9.17, 15) is 14.0 Å². The van der Waals surface area contributed by atoms with Crippen molar-refractivity contribution in [2.75, 3.05) is 13.2 Å². The van der Waals surface area contributed by atoms with Crippen LogP contribution >= 0.6 is 15.9 Å². The molecule has 0 aromatic heterocycles. The van der Waals surface area contributed by atoms with Gasteiger partial charge in [-0.2, -0.15) is 0 Å². The third kappa shape index (κ3) is 7.13. The highest BCUT2D eigenvalue weighted by molar-refractivity contribution is 9.10. The molecule has 0 radical (unpaired) electrons. The van der Waals surface area contributed by atoms with Gasteiger partial charge in [-0.1, -0.05) is 41.4 Å². The first-order chi connectivity index (χ1) is 14.3. The van der Waals surface area contributed by atoms with Crippen molar-refractivity contribution in [2.45, 2.75) is 46.2 Å². The fraction of sp³-hybridized carbons (Fsp3) is 0.391. The van der Waals surface area contributed by atoms with Crippen LogP contribution in [-0.2, 0) is 16.1 Å². The second-order valence-electron chi connectivity index (χ2n) is 7.17. The minimum Gasteiger partial charge on any atom is -0.484 e. The van der Waals surface area contributed by atoms with Gasteiger partial charge in [0, 0.05) is 17.6 Å². The lowest BCUT2D eigenvalue weighted by Crippen LogP contribution is -2.49. The summed E-state index contributed by atoms with van der Waals surface area (Å²) >= 11 is 3.43. The fourth-order valence-corrected chi connectivity index (χ4v) is 3.09. The van der Waals surface area contributed by atoms with Gasteiger partial charge in [0.25, 0.3) is 5.91 Å². The van der Waals surface area contributed by atoms with Crippen molar-refractivity contribution in [3.8, 4) is 5.75 Å². The predicted octanol–water partition coefficient (Wildman–Crippen LogP) is 4.61. The summed E-state index contributed by atoms with van der Waals surface area (Å²) in [7, 11) is 0. The number of nitrogens with zero attached hydrogens (tertiary/aromatic N) is 1. The van der Waals surface area contributed by atoms with Gasteiger partial charge in [-0.3, -0.25) is 9.59 Å². The van der Waals surface area contributed by atoms with E-state index in [1.54, 1.807) is 25.1 Å². The Labute approximate surface area is 185 Å². The van der Waals surface area contributed by atoms with Gasteiger partial charge in [0.1, 0.15) is 17.6 Å². The lowest BCUT2D eigenvalue weighted by Gasteiger charge is -2.28. The Morgan fingerprint density at radius 2 is 1.90 bits per heavy atom. The maximum atomic E-state index is 13.2. The number of carbonyl (C=O) groups excluding carboxylic acids is 2. The van der Waals surface area contributed by atoms with Crippen molar-refractivity contribution >= 4 is 27.7 Å². The zero-order valence-electron chi connectivity index (χ0n) is 17.6. The van der Waals surface area contributed by atoms with Crippen LogP contribution in [0.4, 0.5) is 4.39 Å². The highest BCUT2D eigenvalue weighted by Crippen LogP contribution is 2.22. The zero-order chi connectivity index (χ0) is 22.1. The van der Waals surface area contributed by atoms with Gasteiger partial charge in [0.15, 0.2) is 6.61 Å². The maximum absolute atomic E-state index is 13.2. The third-order valence-corrected chi connectivity index (χ3v) is 5.64. The minimum atomic E-state index is -0.685. The molecule has 30 heavy (non-hydrogen) atoms. The van der Waals surface area contributed by atoms with Gasteiger partial charge in [-0.05, 0) is 61.7 Å². The van der Waals surface area contributed by atoms with Gasteiger partial charge in [0.05, 0.1) is 0 Å². The number of nitrogens with one attached hydrogen (secondary N) is 1. The molecule has 0 bridgehead atoms. The SMILES string of the molecule is CCCCNC(=O)C(C)N(Cc1ccc(F)cc1)C(=O)COc1ccc(Br)c(C)c1. The molecular weight excluding hydrogens is 451 g/mol. The molecule has 1 atom stereocenters. The molecule has 0 heterocycles. The maximum Gasteiger partial charge on any atom is 0.261 e. The van der Waals surface area contributed by atoms with Crippen molar-refractivity contribution in [2.24, 2.45) is 0 Å². The van der Waals surface area contributed by atoms with Crippen molar-refractivity contribution in [1.29, 1.82) is 0 Å². The van der Waals surface area contributed by atoms with Crippen molar-refractivity contribution in [3.05, 3.63) is 63.9 Å².